The van der Waals surface area contributed by atoms with Crippen LogP contribution in [-0.4, -0.2) is 91.6 Å². The molecule has 3 aromatic rings. The van der Waals surface area contributed by atoms with E-state index in [0.717, 1.165) is 21.7 Å². The number of aliphatic hydroxyl groups excluding tert-OH is 1. The van der Waals surface area contributed by atoms with Crippen molar-refractivity contribution in [3.05, 3.63) is 59.3 Å². The molecular weight excluding hydrogens is 634 g/mol. The van der Waals surface area contributed by atoms with E-state index in [0.29, 0.717) is 31.6 Å². The summed E-state index contributed by atoms with van der Waals surface area (Å²) in [6, 6.07) is 5.57. The molecule has 3 amide bonds. The summed E-state index contributed by atoms with van der Waals surface area (Å²) in [4.78, 5) is 69.3. The van der Waals surface area contributed by atoms with Gasteiger partial charge in [0.1, 0.15) is 12.1 Å². The van der Waals surface area contributed by atoms with Crippen LogP contribution < -0.4 is 15.5 Å². The number of carbonyl (C=O) groups excluding carboxylic acids is 3. The minimum absolute atomic E-state index is 0.0413. The fraction of sp³-hybridized carbons (Fsp3) is 0.500. The number of likely N-dealkylation sites (tertiary alicyclic amines) is 1. The first-order valence-electron chi connectivity index (χ1n) is 16.1. The van der Waals surface area contributed by atoms with Crippen molar-refractivity contribution in [3.8, 4) is 10.4 Å². The number of aliphatic hydroxyl groups is 1. The standard InChI is InChI=1S/C34H43N7O6S/c1-19(21-6-8-22(9-7-21)27-20(2)37-18-48-27)38-30(43)26-14-25(42)17-41(26)32(45)28(34(3,4)5)39-31(44)29-35-15-24(16-36-29)40-12-10-23(11-13-40)33(46)47/h6-9,15-16,18-19,23,25-26,28,42H,10-14,17H2,1-5H3,(H,38,43)(H,39,44)(H,46,47)/t19?,25-,26+,28?/m1/s1. The van der Waals surface area contributed by atoms with Crippen LogP contribution in [0.1, 0.15) is 74.9 Å². The van der Waals surface area contributed by atoms with Gasteiger partial charge in [0.15, 0.2) is 0 Å². The molecular formula is C34H43N7O6S. The summed E-state index contributed by atoms with van der Waals surface area (Å²) >= 11 is 1.57. The Hall–Kier alpha value is -4.43. The van der Waals surface area contributed by atoms with Gasteiger partial charge in [0.25, 0.3) is 5.91 Å². The molecule has 256 valence electrons. The molecule has 4 N–H and O–H groups in total. The Morgan fingerprint density at radius 1 is 1.00 bits per heavy atom. The Morgan fingerprint density at radius 2 is 1.65 bits per heavy atom. The van der Waals surface area contributed by atoms with Gasteiger partial charge < -0.3 is 30.6 Å². The van der Waals surface area contributed by atoms with Crippen LogP contribution in [0.2, 0.25) is 0 Å². The summed E-state index contributed by atoms with van der Waals surface area (Å²) in [7, 11) is 0. The summed E-state index contributed by atoms with van der Waals surface area (Å²) in [6.45, 7) is 10.3. The first-order chi connectivity index (χ1) is 22.7. The number of aryl methyl sites for hydroxylation is 1. The van der Waals surface area contributed by atoms with Gasteiger partial charge in [-0.3, -0.25) is 19.2 Å². The Kier molecular flexibility index (Phi) is 10.4. The molecule has 48 heavy (non-hydrogen) atoms. The van der Waals surface area contributed by atoms with Gasteiger partial charge >= 0.3 is 5.97 Å². The van der Waals surface area contributed by atoms with E-state index < -0.39 is 41.4 Å². The zero-order valence-corrected chi connectivity index (χ0v) is 28.7. The number of rotatable bonds is 9. The lowest BCUT2D eigenvalue weighted by Crippen LogP contribution is -2.58. The molecule has 5 rings (SSSR count). The Bertz CT molecular complexity index is 1630. The zero-order valence-electron chi connectivity index (χ0n) is 27.8. The number of anilines is 1. The summed E-state index contributed by atoms with van der Waals surface area (Å²) in [5.41, 5.74) is 4.63. The number of carboxylic acid groups (broad SMARTS) is 1. The van der Waals surface area contributed by atoms with Crippen LogP contribution >= 0.6 is 11.3 Å². The minimum atomic E-state index is -1.04. The van der Waals surface area contributed by atoms with Gasteiger partial charge in [-0.25, -0.2) is 15.0 Å². The average molecular weight is 678 g/mol. The molecule has 2 aliphatic heterocycles. The Morgan fingerprint density at radius 3 is 2.21 bits per heavy atom. The molecule has 4 heterocycles. The molecule has 14 heteroatoms. The molecule has 0 bridgehead atoms. The summed E-state index contributed by atoms with van der Waals surface area (Å²) < 4.78 is 0. The highest BCUT2D eigenvalue weighted by atomic mass is 32.1. The molecule has 0 spiro atoms. The molecule has 2 aromatic heterocycles. The van der Waals surface area contributed by atoms with Crippen molar-refractivity contribution in [2.24, 2.45) is 11.3 Å². The van der Waals surface area contributed by atoms with Gasteiger partial charge in [-0.05, 0) is 43.2 Å². The van der Waals surface area contributed by atoms with E-state index in [1.54, 1.807) is 11.3 Å². The number of nitrogens with zero attached hydrogens (tertiary/aromatic N) is 5. The Labute approximate surface area is 283 Å². The smallest absolute Gasteiger partial charge is 0.306 e. The second-order valence-corrected chi connectivity index (χ2v) is 14.5. The van der Waals surface area contributed by atoms with E-state index in [9.17, 15) is 29.4 Å². The third-order valence-corrected chi connectivity index (χ3v) is 10.1. The first kappa shape index (κ1) is 34.9. The monoisotopic (exact) mass is 677 g/mol. The van der Waals surface area contributed by atoms with Crippen molar-refractivity contribution in [2.45, 2.75) is 78.1 Å². The average Bonchev–Trinajstić information content (AvgIpc) is 3.68. The van der Waals surface area contributed by atoms with Crippen molar-refractivity contribution in [1.29, 1.82) is 0 Å². The minimum Gasteiger partial charge on any atom is -0.481 e. The van der Waals surface area contributed by atoms with E-state index in [4.69, 9.17) is 0 Å². The Balaban J connectivity index is 1.24. The van der Waals surface area contributed by atoms with E-state index in [2.05, 4.69) is 25.6 Å². The molecule has 0 saturated carbocycles. The number of hydrogen-bond acceptors (Lipinski definition) is 10. The number of aliphatic carboxylic acids is 1. The molecule has 2 saturated heterocycles. The maximum atomic E-state index is 14.0. The lowest BCUT2D eigenvalue weighted by molar-refractivity contribution is -0.142. The van der Waals surface area contributed by atoms with Crippen molar-refractivity contribution < 1.29 is 29.4 Å². The lowest BCUT2D eigenvalue weighted by atomic mass is 9.85. The maximum Gasteiger partial charge on any atom is 0.306 e. The van der Waals surface area contributed by atoms with Crippen molar-refractivity contribution in [2.75, 3.05) is 24.5 Å². The normalized spacial score (nSPS) is 19.9. The highest BCUT2D eigenvalue weighted by molar-refractivity contribution is 7.13. The fourth-order valence-corrected chi connectivity index (χ4v) is 7.01. The van der Waals surface area contributed by atoms with Crippen LogP contribution in [0.15, 0.2) is 42.2 Å². The molecule has 2 unspecified atom stereocenters. The van der Waals surface area contributed by atoms with Gasteiger partial charge in [0, 0.05) is 26.1 Å². The third-order valence-electron chi connectivity index (χ3n) is 9.08. The number of nitrogens with one attached hydrogen (secondary N) is 2. The molecule has 0 aliphatic carbocycles. The van der Waals surface area contributed by atoms with Gasteiger partial charge in [-0.1, -0.05) is 45.0 Å². The predicted molar refractivity (Wildman–Crippen MR) is 180 cm³/mol. The number of carbonyl (C=O) groups is 4. The number of piperidine rings is 1. The summed E-state index contributed by atoms with van der Waals surface area (Å²) in [6.07, 6.45) is 3.24. The first-order valence-corrected chi connectivity index (χ1v) is 17.0. The van der Waals surface area contributed by atoms with E-state index in [-0.39, 0.29) is 36.7 Å². The molecule has 2 fully saturated rings. The molecule has 2 aliphatic rings. The molecule has 0 radical (unpaired) electrons. The number of β-amino-alcohol motifs (C(OH)–C–C–N with tert-alkyl or cyclic N) is 1. The topological polar surface area (TPSA) is 178 Å². The number of aromatic nitrogens is 3. The fourth-order valence-electron chi connectivity index (χ4n) is 6.20. The number of benzene rings is 1. The van der Waals surface area contributed by atoms with Crippen LogP contribution in [0.3, 0.4) is 0 Å². The van der Waals surface area contributed by atoms with Crippen LogP contribution in [-0.2, 0) is 14.4 Å². The van der Waals surface area contributed by atoms with Gasteiger partial charge in [0.05, 0.1) is 52.2 Å². The SMILES string of the molecule is Cc1ncsc1-c1ccc(C(C)NC(=O)[C@@H]2C[C@@H](O)CN2C(=O)C(NC(=O)c2ncc(N3CCC(C(=O)O)CC3)cn2)C(C)(C)C)cc1. The van der Waals surface area contributed by atoms with Crippen molar-refractivity contribution >= 4 is 40.7 Å². The maximum absolute atomic E-state index is 14.0. The van der Waals surface area contributed by atoms with Crippen molar-refractivity contribution in [3.63, 3.8) is 0 Å². The summed E-state index contributed by atoms with van der Waals surface area (Å²) in [5, 5.41) is 25.6. The number of hydrogen-bond donors (Lipinski definition) is 4. The highest BCUT2D eigenvalue weighted by Gasteiger charge is 2.45. The van der Waals surface area contributed by atoms with Crippen LogP contribution in [0.4, 0.5) is 5.69 Å². The molecule has 13 nitrogen and oxygen atoms in total. The van der Waals surface area contributed by atoms with E-state index in [1.807, 2.05) is 69.3 Å². The second kappa shape index (κ2) is 14.4. The number of thiazole rings is 1. The van der Waals surface area contributed by atoms with E-state index >= 15 is 0 Å². The summed E-state index contributed by atoms with van der Waals surface area (Å²) in [5.74, 6) is -2.81. The van der Waals surface area contributed by atoms with Gasteiger partial charge in [-0.2, -0.15) is 0 Å². The largest absolute Gasteiger partial charge is 0.481 e. The van der Waals surface area contributed by atoms with Gasteiger partial charge in [-0.15, -0.1) is 11.3 Å². The van der Waals surface area contributed by atoms with Crippen molar-refractivity contribution in [1.82, 2.24) is 30.5 Å². The molecule has 4 atom stereocenters. The highest BCUT2D eigenvalue weighted by Crippen LogP contribution is 2.30. The second-order valence-electron chi connectivity index (χ2n) is 13.7. The molecule has 1 aromatic carbocycles. The van der Waals surface area contributed by atoms with Crippen LogP contribution in [0.5, 0.6) is 0 Å². The number of amides is 3. The zero-order chi connectivity index (χ0) is 34.7. The quantitative estimate of drug-likeness (QED) is 0.263. The third kappa shape index (κ3) is 7.81. The van der Waals surface area contributed by atoms with Gasteiger partial charge in [0.2, 0.25) is 17.6 Å². The number of carboxylic acids is 1. The predicted octanol–water partition coefficient (Wildman–Crippen LogP) is 3.19. The van der Waals surface area contributed by atoms with Crippen LogP contribution in [0.25, 0.3) is 10.4 Å². The lowest BCUT2D eigenvalue weighted by Gasteiger charge is -2.35. The van der Waals surface area contributed by atoms with Crippen LogP contribution in [0, 0.1) is 18.3 Å². The van der Waals surface area contributed by atoms with E-state index in [1.165, 1.54) is 17.3 Å².